The summed E-state index contributed by atoms with van der Waals surface area (Å²) in [6, 6.07) is 17.5. The number of thioether (sulfide) groups is 1. The highest BCUT2D eigenvalue weighted by Gasteiger charge is 2.34. The number of aromatic nitrogens is 1. The minimum absolute atomic E-state index is 0.0245. The van der Waals surface area contributed by atoms with Gasteiger partial charge in [0.1, 0.15) is 0 Å². The standard InChI is InChI=1S/C22H18ClN3OS2/c1-3-26-20(27)19(14(2)15-9-11-17(23)12-10-15)29-22(26)25-21-24-18(13-28-21)16-7-5-4-6-8-16/h4-13H,3H2,1-2H3/b19-14-,25-22+. The van der Waals surface area contributed by atoms with Crippen molar-refractivity contribution < 1.29 is 4.79 Å². The van der Waals surface area contributed by atoms with Crippen molar-refractivity contribution in [2.75, 3.05) is 6.54 Å². The normalized spacial score (nSPS) is 17.3. The highest BCUT2D eigenvalue weighted by Crippen LogP contribution is 2.38. The zero-order valence-electron chi connectivity index (χ0n) is 15.9. The van der Waals surface area contributed by atoms with E-state index >= 15 is 0 Å². The van der Waals surface area contributed by atoms with E-state index < -0.39 is 0 Å². The molecule has 1 amide bonds. The van der Waals surface area contributed by atoms with E-state index in [0.717, 1.165) is 22.4 Å². The number of halogens is 1. The highest BCUT2D eigenvalue weighted by molar-refractivity contribution is 8.18. The SMILES string of the molecule is CCN1C(=O)/C(=C(\C)c2ccc(Cl)cc2)S/C1=N/c1nc(-c2ccccc2)cs1. The molecule has 2 heterocycles. The summed E-state index contributed by atoms with van der Waals surface area (Å²) in [5, 5.41) is 3.97. The maximum absolute atomic E-state index is 13.0. The molecule has 0 unspecified atom stereocenters. The van der Waals surface area contributed by atoms with E-state index in [9.17, 15) is 4.79 Å². The van der Waals surface area contributed by atoms with Crippen LogP contribution >= 0.6 is 34.7 Å². The van der Waals surface area contributed by atoms with Gasteiger partial charge in [-0.1, -0.05) is 54.1 Å². The van der Waals surface area contributed by atoms with Gasteiger partial charge in [0.05, 0.1) is 10.6 Å². The van der Waals surface area contributed by atoms with Crippen molar-refractivity contribution in [1.82, 2.24) is 9.88 Å². The van der Waals surface area contributed by atoms with Crippen LogP contribution in [0.3, 0.4) is 0 Å². The number of amidine groups is 1. The van der Waals surface area contributed by atoms with E-state index in [4.69, 9.17) is 11.6 Å². The smallest absolute Gasteiger partial charge is 0.267 e. The largest absolute Gasteiger partial charge is 0.287 e. The third-order valence-corrected chi connectivity index (χ3v) is 6.72. The summed E-state index contributed by atoms with van der Waals surface area (Å²) in [6.07, 6.45) is 0. The first-order valence-corrected chi connectivity index (χ1v) is 11.2. The van der Waals surface area contributed by atoms with Crippen LogP contribution in [0.1, 0.15) is 19.4 Å². The lowest BCUT2D eigenvalue weighted by molar-refractivity contribution is -0.122. The van der Waals surface area contributed by atoms with E-state index in [1.54, 1.807) is 4.90 Å². The predicted octanol–water partition coefficient (Wildman–Crippen LogP) is 6.48. The van der Waals surface area contributed by atoms with E-state index in [2.05, 4.69) is 9.98 Å². The Balaban J connectivity index is 1.66. The fraction of sp³-hybridized carbons (Fsp3) is 0.136. The molecule has 0 N–H and O–H groups in total. The Labute approximate surface area is 183 Å². The minimum Gasteiger partial charge on any atom is -0.287 e. The molecule has 0 bridgehead atoms. The van der Waals surface area contributed by atoms with Crippen LogP contribution < -0.4 is 0 Å². The summed E-state index contributed by atoms with van der Waals surface area (Å²) in [4.78, 5) is 24.7. The van der Waals surface area contributed by atoms with Gasteiger partial charge in [0, 0.05) is 22.5 Å². The first-order chi connectivity index (χ1) is 14.1. The monoisotopic (exact) mass is 439 g/mol. The maximum Gasteiger partial charge on any atom is 0.267 e. The lowest BCUT2D eigenvalue weighted by Crippen LogP contribution is -2.28. The van der Waals surface area contributed by atoms with Crippen molar-refractivity contribution in [3.63, 3.8) is 0 Å². The zero-order valence-corrected chi connectivity index (χ0v) is 18.3. The van der Waals surface area contributed by atoms with Gasteiger partial charge in [-0.25, -0.2) is 4.98 Å². The summed E-state index contributed by atoms with van der Waals surface area (Å²) in [5.74, 6) is -0.0245. The van der Waals surface area contributed by atoms with Crippen LogP contribution in [0.5, 0.6) is 0 Å². The summed E-state index contributed by atoms with van der Waals surface area (Å²) >= 11 is 8.86. The molecule has 4 rings (SSSR count). The molecule has 146 valence electrons. The third-order valence-electron chi connectivity index (χ3n) is 4.55. The summed E-state index contributed by atoms with van der Waals surface area (Å²) in [7, 11) is 0. The van der Waals surface area contributed by atoms with Crippen molar-refractivity contribution in [3.05, 3.63) is 75.5 Å². The number of hydrogen-bond donors (Lipinski definition) is 0. The predicted molar refractivity (Wildman–Crippen MR) is 124 cm³/mol. The Morgan fingerprint density at radius 2 is 1.86 bits per heavy atom. The van der Waals surface area contributed by atoms with Gasteiger partial charge in [0.2, 0.25) is 5.13 Å². The number of thiazole rings is 1. The van der Waals surface area contributed by atoms with Gasteiger partial charge in [0.25, 0.3) is 5.91 Å². The second-order valence-corrected chi connectivity index (χ2v) is 8.64. The van der Waals surface area contributed by atoms with E-state index in [1.807, 2.05) is 73.8 Å². The van der Waals surface area contributed by atoms with Gasteiger partial charge in [-0.15, -0.1) is 11.3 Å². The number of carbonyl (C=O) groups excluding carboxylic acids is 1. The molecule has 0 radical (unpaired) electrons. The molecule has 1 aromatic heterocycles. The topological polar surface area (TPSA) is 45.6 Å². The van der Waals surface area contributed by atoms with Crippen LogP contribution in [0.25, 0.3) is 16.8 Å². The first-order valence-electron chi connectivity index (χ1n) is 9.13. The zero-order chi connectivity index (χ0) is 20.4. The number of amides is 1. The van der Waals surface area contributed by atoms with Gasteiger partial charge in [0.15, 0.2) is 5.17 Å². The first kappa shape index (κ1) is 19.9. The van der Waals surface area contributed by atoms with Gasteiger partial charge in [-0.05, 0) is 48.9 Å². The van der Waals surface area contributed by atoms with Crippen LogP contribution in [-0.4, -0.2) is 27.5 Å². The summed E-state index contributed by atoms with van der Waals surface area (Å²) in [6.45, 7) is 4.46. The molecule has 0 atom stereocenters. The number of allylic oxidation sites excluding steroid dienone is 1. The molecule has 1 fully saturated rings. The molecule has 0 spiro atoms. The average Bonchev–Trinajstić information content (AvgIpc) is 3.33. The van der Waals surface area contributed by atoms with E-state index in [0.29, 0.717) is 26.8 Å². The Morgan fingerprint density at radius 1 is 1.14 bits per heavy atom. The van der Waals surface area contributed by atoms with Gasteiger partial charge >= 0.3 is 0 Å². The maximum atomic E-state index is 13.0. The number of benzene rings is 2. The third kappa shape index (κ3) is 4.15. The Morgan fingerprint density at radius 3 is 2.55 bits per heavy atom. The second kappa shape index (κ2) is 8.53. The molecule has 2 aromatic carbocycles. The molecule has 1 aliphatic rings. The van der Waals surface area contributed by atoms with Gasteiger partial charge in [-0.2, -0.15) is 4.99 Å². The molecule has 1 saturated heterocycles. The molecular weight excluding hydrogens is 422 g/mol. The average molecular weight is 440 g/mol. The van der Waals surface area contributed by atoms with E-state index in [-0.39, 0.29) is 5.91 Å². The van der Waals surface area contributed by atoms with Crippen LogP contribution in [0.15, 0.2) is 69.9 Å². The minimum atomic E-state index is -0.0245. The van der Waals surface area contributed by atoms with Crippen LogP contribution in [0.4, 0.5) is 5.13 Å². The van der Waals surface area contributed by atoms with Gasteiger partial charge in [-0.3, -0.25) is 9.69 Å². The van der Waals surface area contributed by atoms with Crippen LogP contribution in [-0.2, 0) is 4.79 Å². The fourth-order valence-electron chi connectivity index (χ4n) is 2.97. The van der Waals surface area contributed by atoms with Crippen molar-refractivity contribution in [2.24, 2.45) is 4.99 Å². The number of nitrogens with zero attached hydrogens (tertiary/aromatic N) is 3. The van der Waals surface area contributed by atoms with Crippen LogP contribution in [0, 0.1) is 0 Å². The second-order valence-electron chi connectivity index (χ2n) is 6.39. The number of rotatable bonds is 4. The fourth-order valence-corrected chi connectivity index (χ4v) is 4.95. The highest BCUT2D eigenvalue weighted by atomic mass is 35.5. The number of aliphatic imine (C=N–C) groups is 1. The molecule has 4 nitrogen and oxygen atoms in total. The lowest BCUT2D eigenvalue weighted by Gasteiger charge is -2.11. The quantitative estimate of drug-likeness (QED) is 0.437. The molecule has 0 saturated carbocycles. The van der Waals surface area contributed by atoms with Gasteiger partial charge < -0.3 is 0 Å². The summed E-state index contributed by atoms with van der Waals surface area (Å²) in [5.41, 5.74) is 3.84. The number of hydrogen-bond acceptors (Lipinski definition) is 5. The van der Waals surface area contributed by atoms with Crippen LogP contribution in [0.2, 0.25) is 5.02 Å². The Hall–Kier alpha value is -2.41. The summed E-state index contributed by atoms with van der Waals surface area (Å²) < 4.78 is 0. The Bertz CT molecular complexity index is 1100. The number of carbonyl (C=O) groups is 1. The lowest BCUT2D eigenvalue weighted by atomic mass is 10.1. The molecule has 29 heavy (non-hydrogen) atoms. The molecule has 0 aliphatic carbocycles. The van der Waals surface area contributed by atoms with Crippen molar-refractivity contribution in [1.29, 1.82) is 0 Å². The molecular formula is C22H18ClN3OS2. The molecule has 3 aromatic rings. The van der Waals surface area contributed by atoms with Crippen molar-refractivity contribution in [3.8, 4) is 11.3 Å². The molecule has 7 heteroatoms. The Kier molecular flexibility index (Phi) is 5.85. The molecule has 1 aliphatic heterocycles. The van der Waals surface area contributed by atoms with Crippen molar-refractivity contribution in [2.45, 2.75) is 13.8 Å². The van der Waals surface area contributed by atoms with E-state index in [1.165, 1.54) is 23.1 Å². The number of likely N-dealkylation sites (N-methyl/N-ethyl adjacent to an activating group) is 1. The van der Waals surface area contributed by atoms with Crippen molar-refractivity contribution >= 4 is 56.5 Å².